The SMILES string of the molecule is Cc1csc(/C(C#N)=C/Nc2ccc(S(=O)(=O)N3CCC[C@@H](C)C3)cc2)n1. The molecule has 0 bridgehead atoms. The first-order chi connectivity index (χ1) is 12.9. The van der Waals surface area contributed by atoms with E-state index in [0.717, 1.165) is 18.5 Å². The maximum Gasteiger partial charge on any atom is 0.243 e. The molecule has 1 fully saturated rings. The molecule has 6 nitrogen and oxygen atoms in total. The third-order valence-corrected chi connectivity index (χ3v) is 7.34. The van der Waals surface area contributed by atoms with E-state index in [1.165, 1.54) is 11.3 Å². The number of rotatable bonds is 5. The highest BCUT2D eigenvalue weighted by atomic mass is 32.2. The van der Waals surface area contributed by atoms with Crippen molar-refractivity contribution in [2.75, 3.05) is 18.4 Å². The van der Waals surface area contributed by atoms with Crippen molar-refractivity contribution in [3.63, 3.8) is 0 Å². The van der Waals surface area contributed by atoms with Crippen LogP contribution in [0.2, 0.25) is 0 Å². The minimum absolute atomic E-state index is 0.294. The minimum atomic E-state index is -3.46. The Kier molecular flexibility index (Phi) is 5.95. The van der Waals surface area contributed by atoms with Gasteiger partial charge in [-0.2, -0.15) is 9.57 Å². The summed E-state index contributed by atoms with van der Waals surface area (Å²) in [6, 6.07) is 8.75. The first kappa shape index (κ1) is 19.5. The number of anilines is 1. The molecule has 1 atom stereocenters. The van der Waals surface area contributed by atoms with Gasteiger partial charge in [0, 0.05) is 36.1 Å². The van der Waals surface area contributed by atoms with Crippen LogP contribution in [-0.2, 0) is 10.0 Å². The number of allylic oxidation sites excluding steroid dienone is 1. The highest BCUT2D eigenvalue weighted by molar-refractivity contribution is 7.89. The quantitative estimate of drug-likeness (QED) is 0.768. The van der Waals surface area contributed by atoms with Gasteiger partial charge in [0.25, 0.3) is 0 Å². The molecule has 1 aliphatic rings. The summed E-state index contributed by atoms with van der Waals surface area (Å²) < 4.78 is 27.1. The van der Waals surface area contributed by atoms with Gasteiger partial charge in [0.05, 0.1) is 4.90 Å². The first-order valence-electron chi connectivity index (χ1n) is 8.79. The first-order valence-corrected chi connectivity index (χ1v) is 11.1. The van der Waals surface area contributed by atoms with Crippen LogP contribution in [0, 0.1) is 24.2 Å². The summed E-state index contributed by atoms with van der Waals surface area (Å²) in [7, 11) is -3.46. The van der Waals surface area contributed by atoms with E-state index < -0.39 is 10.0 Å². The molecule has 3 rings (SSSR count). The highest BCUT2D eigenvalue weighted by Gasteiger charge is 2.28. The molecule has 0 amide bonds. The van der Waals surface area contributed by atoms with Crippen molar-refractivity contribution < 1.29 is 8.42 Å². The lowest BCUT2D eigenvalue weighted by Crippen LogP contribution is -2.39. The third kappa shape index (κ3) is 4.56. The fraction of sp³-hybridized carbons (Fsp3) is 0.368. The van der Waals surface area contributed by atoms with Gasteiger partial charge in [-0.25, -0.2) is 13.4 Å². The normalized spacial score (nSPS) is 18.9. The average Bonchev–Trinajstić information content (AvgIpc) is 3.09. The van der Waals surface area contributed by atoms with Gasteiger partial charge in [0.2, 0.25) is 10.0 Å². The topological polar surface area (TPSA) is 86.1 Å². The average molecular weight is 403 g/mol. The summed E-state index contributed by atoms with van der Waals surface area (Å²) in [5.41, 5.74) is 2.02. The van der Waals surface area contributed by atoms with Crippen molar-refractivity contribution in [2.24, 2.45) is 5.92 Å². The van der Waals surface area contributed by atoms with E-state index in [4.69, 9.17) is 0 Å². The molecular weight excluding hydrogens is 380 g/mol. The smallest absolute Gasteiger partial charge is 0.243 e. The fourth-order valence-corrected chi connectivity index (χ4v) is 5.37. The standard InChI is InChI=1S/C19H22N4O2S2/c1-14-4-3-9-23(12-14)27(24,25)18-7-5-17(6-8-18)21-11-16(10-20)19-22-15(2)13-26-19/h5-8,11,13-14,21H,3-4,9,12H2,1-2H3/b16-11+/t14-/m1/s1. The molecule has 27 heavy (non-hydrogen) atoms. The molecule has 2 aromatic rings. The molecule has 142 valence electrons. The second-order valence-electron chi connectivity index (χ2n) is 6.74. The summed E-state index contributed by atoms with van der Waals surface area (Å²) in [6.45, 7) is 5.11. The van der Waals surface area contributed by atoms with Crippen molar-refractivity contribution in [2.45, 2.75) is 31.6 Å². The number of sulfonamides is 1. The van der Waals surface area contributed by atoms with Crippen LogP contribution in [0.1, 0.15) is 30.5 Å². The van der Waals surface area contributed by atoms with Gasteiger partial charge in [-0.1, -0.05) is 6.92 Å². The Labute approximate surface area is 164 Å². The molecule has 1 N–H and O–H groups in total. The lowest BCUT2D eigenvalue weighted by Gasteiger charge is -2.30. The molecule has 0 spiro atoms. The Hall–Kier alpha value is -2.21. The van der Waals surface area contributed by atoms with Crippen LogP contribution in [0.25, 0.3) is 5.57 Å². The predicted molar refractivity (Wildman–Crippen MR) is 108 cm³/mol. The number of aryl methyl sites for hydroxylation is 1. The van der Waals surface area contributed by atoms with Gasteiger partial charge < -0.3 is 5.32 Å². The zero-order valence-corrected chi connectivity index (χ0v) is 17.0. The van der Waals surface area contributed by atoms with Gasteiger partial charge in [0.1, 0.15) is 16.6 Å². The largest absolute Gasteiger partial charge is 0.360 e. The molecule has 8 heteroatoms. The van der Waals surface area contributed by atoms with Crippen molar-refractivity contribution in [1.29, 1.82) is 5.26 Å². The zero-order chi connectivity index (χ0) is 19.4. The molecule has 0 saturated carbocycles. The second-order valence-corrected chi connectivity index (χ2v) is 9.54. The fourth-order valence-electron chi connectivity index (χ4n) is 3.01. The number of nitriles is 1. The van der Waals surface area contributed by atoms with Crippen molar-refractivity contribution >= 4 is 32.6 Å². The second kappa shape index (κ2) is 8.21. The van der Waals surface area contributed by atoms with E-state index in [0.29, 0.717) is 40.2 Å². The lowest BCUT2D eigenvalue weighted by molar-refractivity contribution is 0.281. The monoisotopic (exact) mass is 402 g/mol. The van der Waals surface area contributed by atoms with E-state index in [1.54, 1.807) is 34.8 Å². The number of hydrogen-bond acceptors (Lipinski definition) is 6. The predicted octanol–water partition coefficient (Wildman–Crippen LogP) is 3.85. The Morgan fingerprint density at radius 1 is 1.41 bits per heavy atom. The highest BCUT2D eigenvalue weighted by Crippen LogP contribution is 2.25. The zero-order valence-electron chi connectivity index (χ0n) is 15.3. The molecule has 0 aliphatic carbocycles. The number of nitrogens with zero attached hydrogens (tertiary/aromatic N) is 3. The van der Waals surface area contributed by atoms with Crippen LogP contribution in [0.3, 0.4) is 0 Å². The third-order valence-electron chi connectivity index (χ3n) is 4.46. The summed E-state index contributed by atoms with van der Waals surface area (Å²) >= 11 is 1.41. The molecule has 2 heterocycles. The Morgan fingerprint density at radius 3 is 2.74 bits per heavy atom. The van der Waals surface area contributed by atoms with Crippen LogP contribution < -0.4 is 5.32 Å². The number of aromatic nitrogens is 1. The summed E-state index contributed by atoms with van der Waals surface area (Å²) in [5.74, 6) is 0.388. The summed E-state index contributed by atoms with van der Waals surface area (Å²) in [6.07, 6.45) is 3.56. The van der Waals surface area contributed by atoms with Gasteiger partial charge in [0.15, 0.2) is 0 Å². The number of piperidine rings is 1. The number of thiazole rings is 1. The molecule has 0 radical (unpaired) electrons. The van der Waals surface area contributed by atoms with Gasteiger partial charge in [-0.15, -0.1) is 11.3 Å². The van der Waals surface area contributed by atoms with Gasteiger partial charge in [-0.3, -0.25) is 0 Å². The van der Waals surface area contributed by atoms with Crippen LogP contribution in [0.5, 0.6) is 0 Å². The van der Waals surface area contributed by atoms with Crippen LogP contribution in [0.15, 0.2) is 40.7 Å². The van der Waals surface area contributed by atoms with E-state index in [9.17, 15) is 13.7 Å². The van der Waals surface area contributed by atoms with E-state index in [-0.39, 0.29) is 0 Å². The van der Waals surface area contributed by atoms with Gasteiger partial charge >= 0.3 is 0 Å². The number of nitrogens with one attached hydrogen (secondary N) is 1. The van der Waals surface area contributed by atoms with Crippen LogP contribution in [0.4, 0.5) is 5.69 Å². The summed E-state index contributed by atoms with van der Waals surface area (Å²) in [4.78, 5) is 4.59. The molecular formula is C19H22N4O2S2. The number of benzene rings is 1. The van der Waals surface area contributed by atoms with Gasteiger partial charge in [-0.05, 0) is 49.9 Å². The molecule has 1 aromatic heterocycles. The van der Waals surface area contributed by atoms with E-state index in [1.807, 2.05) is 12.3 Å². The maximum atomic E-state index is 12.8. The molecule has 1 saturated heterocycles. The van der Waals surface area contributed by atoms with Crippen LogP contribution in [-0.4, -0.2) is 30.8 Å². The Balaban J connectivity index is 1.73. The molecule has 0 unspecified atom stereocenters. The maximum absolute atomic E-state index is 12.8. The Morgan fingerprint density at radius 2 is 2.15 bits per heavy atom. The van der Waals surface area contributed by atoms with Crippen molar-refractivity contribution in [1.82, 2.24) is 9.29 Å². The van der Waals surface area contributed by atoms with Crippen molar-refractivity contribution in [3.8, 4) is 6.07 Å². The van der Waals surface area contributed by atoms with Crippen molar-refractivity contribution in [3.05, 3.63) is 46.5 Å². The lowest BCUT2D eigenvalue weighted by atomic mass is 10.0. The summed E-state index contributed by atoms with van der Waals surface area (Å²) in [5, 5.41) is 14.9. The Bertz CT molecular complexity index is 972. The molecule has 1 aliphatic heterocycles. The van der Waals surface area contributed by atoms with E-state index >= 15 is 0 Å². The van der Waals surface area contributed by atoms with E-state index in [2.05, 4.69) is 23.3 Å². The minimum Gasteiger partial charge on any atom is -0.360 e. The number of hydrogen-bond donors (Lipinski definition) is 1. The van der Waals surface area contributed by atoms with Crippen LogP contribution >= 0.6 is 11.3 Å². The molecule has 1 aromatic carbocycles.